The summed E-state index contributed by atoms with van der Waals surface area (Å²) >= 11 is 10.8. The molecule has 64 valence electrons. The van der Waals surface area contributed by atoms with Crippen LogP contribution in [0, 0.1) is 5.41 Å². The van der Waals surface area contributed by atoms with E-state index in [4.69, 9.17) is 23.2 Å². The number of hydrogen-bond donors (Lipinski definition) is 0. The highest BCUT2D eigenvalue weighted by Crippen LogP contribution is 2.27. The fourth-order valence-corrected chi connectivity index (χ4v) is 1.02. The van der Waals surface area contributed by atoms with Crippen molar-refractivity contribution in [2.45, 2.75) is 19.8 Å². The van der Waals surface area contributed by atoms with Gasteiger partial charge in [-0.15, -0.1) is 18.2 Å². The molecular formula is C8H12Cl2O. The second-order valence-electron chi connectivity index (χ2n) is 2.69. The van der Waals surface area contributed by atoms with E-state index in [1.54, 1.807) is 13.0 Å². The molecule has 0 spiro atoms. The van der Waals surface area contributed by atoms with Crippen LogP contribution in [0.2, 0.25) is 0 Å². The van der Waals surface area contributed by atoms with Crippen LogP contribution in [0.25, 0.3) is 0 Å². The second-order valence-corrected chi connectivity index (χ2v) is 3.41. The molecule has 0 bridgehead atoms. The highest BCUT2D eigenvalue weighted by atomic mass is 35.5. The van der Waals surface area contributed by atoms with Crippen molar-refractivity contribution in [1.82, 2.24) is 0 Å². The molecule has 1 nitrogen and oxygen atoms in total. The summed E-state index contributed by atoms with van der Waals surface area (Å²) in [4.78, 5) is 10.9. The van der Waals surface area contributed by atoms with Crippen molar-refractivity contribution in [1.29, 1.82) is 0 Å². The molecule has 0 fully saturated rings. The van der Waals surface area contributed by atoms with Gasteiger partial charge < -0.3 is 0 Å². The first kappa shape index (κ1) is 11.0. The summed E-state index contributed by atoms with van der Waals surface area (Å²) in [7, 11) is 0. The molecule has 0 aliphatic rings. The number of allylic oxidation sites excluding steroid dienone is 1. The van der Waals surface area contributed by atoms with Crippen molar-refractivity contribution < 1.29 is 4.79 Å². The van der Waals surface area contributed by atoms with Gasteiger partial charge in [-0.2, -0.15) is 0 Å². The molecule has 0 rings (SSSR count). The second kappa shape index (κ2) is 4.78. The van der Waals surface area contributed by atoms with Gasteiger partial charge in [0, 0.05) is 5.88 Å². The van der Waals surface area contributed by atoms with Gasteiger partial charge in [0.2, 0.25) is 5.24 Å². The smallest absolute Gasteiger partial charge is 0.231 e. The third-order valence-electron chi connectivity index (χ3n) is 1.73. The molecular weight excluding hydrogens is 183 g/mol. The Labute approximate surface area is 77.4 Å². The topological polar surface area (TPSA) is 17.1 Å². The lowest BCUT2D eigenvalue weighted by Crippen LogP contribution is -2.20. The first-order chi connectivity index (χ1) is 5.06. The van der Waals surface area contributed by atoms with E-state index < -0.39 is 5.41 Å². The molecule has 0 heterocycles. The number of hydrogen-bond acceptors (Lipinski definition) is 1. The largest absolute Gasteiger partial charge is 0.280 e. The molecule has 0 aliphatic heterocycles. The fraction of sp³-hybridized carbons (Fsp3) is 0.625. The van der Waals surface area contributed by atoms with E-state index in [1.165, 1.54) is 0 Å². The number of halogens is 2. The zero-order valence-electron chi connectivity index (χ0n) is 6.57. The number of alkyl halides is 1. The van der Waals surface area contributed by atoms with E-state index in [1.807, 2.05) is 0 Å². The Morgan fingerprint density at radius 3 is 2.55 bits per heavy atom. The van der Waals surface area contributed by atoms with Crippen LogP contribution in [0.5, 0.6) is 0 Å². The lowest BCUT2D eigenvalue weighted by atomic mass is 9.87. The molecule has 0 saturated heterocycles. The summed E-state index contributed by atoms with van der Waals surface area (Å²) in [6, 6.07) is 0. The number of rotatable bonds is 5. The van der Waals surface area contributed by atoms with Gasteiger partial charge >= 0.3 is 0 Å². The molecule has 3 heteroatoms. The van der Waals surface area contributed by atoms with Crippen LogP contribution in [0.15, 0.2) is 12.7 Å². The van der Waals surface area contributed by atoms with Crippen molar-refractivity contribution in [2.75, 3.05) is 5.88 Å². The predicted molar refractivity (Wildman–Crippen MR) is 49.1 cm³/mol. The van der Waals surface area contributed by atoms with Crippen molar-refractivity contribution >= 4 is 28.4 Å². The van der Waals surface area contributed by atoms with Gasteiger partial charge in [-0.1, -0.05) is 6.08 Å². The Bertz CT molecular complexity index is 156. The minimum Gasteiger partial charge on any atom is -0.280 e. The summed E-state index contributed by atoms with van der Waals surface area (Å²) in [5.74, 6) is 0.549. The maximum atomic E-state index is 10.9. The summed E-state index contributed by atoms with van der Waals surface area (Å²) in [6.07, 6.45) is 3.03. The minimum atomic E-state index is -0.601. The monoisotopic (exact) mass is 194 g/mol. The molecule has 0 amide bonds. The van der Waals surface area contributed by atoms with E-state index in [-0.39, 0.29) is 5.24 Å². The highest BCUT2D eigenvalue weighted by Gasteiger charge is 2.26. The standard InChI is InChI=1S/C8H12Cl2O/c1-3-8(2,7(10)11)5-4-6-9/h3H,1,4-6H2,2H3. The van der Waals surface area contributed by atoms with Gasteiger partial charge in [0.1, 0.15) is 0 Å². The summed E-state index contributed by atoms with van der Waals surface area (Å²) in [5.41, 5.74) is -0.601. The molecule has 11 heavy (non-hydrogen) atoms. The molecule has 0 N–H and O–H groups in total. The summed E-state index contributed by atoms with van der Waals surface area (Å²) in [6.45, 7) is 5.32. The van der Waals surface area contributed by atoms with E-state index >= 15 is 0 Å². The Balaban J connectivity index is 4.10. The van der Waals surface area contributed by atoms with E-state index in [9.17, 15) is 4.79 Å². The van der Waals surface area contributed by atoms with Crippen LogP contribution in [0.3, 0.4) is 0 Å². The van der Waals surface area contributed by atoms with Crippen LogP contribution < -0.4 is 0 Å². The van der Waals surface area contributed by atoms with Crippen LogP contribution in [-0.4, -0.2) is 11.1 Å². The molecule has 0 aromatic rings. The van der Waals surface area contributed by atoms with Crippen LogP contribution >= 0.6 is 23.2 Å². The van der Waals surface area contributed by atoms with Crippen LogP contribution in [0.4, 0.5) is 0 Å². The van der Waals surface area contributed by atoms with Crippen LogP contribution in [-0.2, 0) is 4.79 Å². The molecule has 0 aromatic heterocycles. The Morgan fingerprint density at radius 2 is 2.27 bits per heavy atom. The van der Waals surface area contributed by atoms with Gasteiger partial charge in [-0.3, -0.25) is 4.79 Å². The maximum Gasteiger partial charge on any atom is 0.231 e. The zero-order chi connectivity index (χ0) is 8.91. The number of carbonyl (C=O) groups excluding carboxylic acids is 1. The van der Waals surface area contributed by atoms with Gasteiger partial charge in [0.25, 0.3) is 0 Å². The molecule has 0 radical (unpaired) electrons. The normalized spacial score (nSPS) is 15.5. The highest BCUT2D eigenvalue weighted by molar-refractivity contribution is 6.64. The first-order valence-electron chi connectivity index (χ1n) is 3.46. The fourth-order valence-electron chi connectivity index (χ4n) is 0.715. The lowest BCUT2D eigenvalue weighted by Gasteiger charge is -2.19. The minimum absolute atomic E-state index is 0.363. The average molecular weight is 195 g/mol. The molecule has 0 aliphatic carbocycles. The SMILES string of the molecule is C=CC(C)(CCCCl)C(=O)Cl. The van der Waals surface area contributed by atoms with Gasteiger partial charge in [-0.05, 0) is 31.4 Å². The third-order valence-corrected chi connectivity index (χ3v) is 2.43. The lowest BCUT2D eigenvalue weighted by molar-refractivity contribution is -0.117. The number of carbonyl (C=O) groups is 1. The van der Waals surface area contributed by atoms with E-state index in [2.05, 4.69) is 6.58 Å². The van der Waals surface area contributed by atoms with Crippen LogP contribution in [0.1, 0.15) is 19.8 Å². The Morgan fingerprint density at radius 1 is 1.73 bits per heavy atom. The van der Waals surface area contributed by atoms with E-state index in [0.29, 0.717) is 12.3 Å². The predicted octanol–water partition coefficient (Wildman–Crippen LogP) is 2.96. The molecule has 0 saturated carbocycles. The van der Waals surface area contributed by atoms with Gasteiger partial charge in [0.15, 0.2) is 0 Å². The van der Waals surface area contributed by atoms with Crippen molar-refractivity contribution in [2.24, 2.45) is 5.41 Å². The van der Waals surface area contributed by atoms with Gasteiger partial charge in [-0.25, -0.2) is 0 Å². The maximum absolute atomic E-state index is 10.9. The molecule has 1 unspecified atom stereocenters. The third kappa shape index (κ3) is 3.26. The van der Waals surface area contributed by atoms with Crippen molar-refractivity contribution in [3.05, 3.63) is 12.7 Å². The molecule has 0 aromatic carbocycles. The van der Waals surface area contributed by atoms with Crippen molar-refractivity contribution in [3.63, 3.8) is 0 Å². The summed E-state index contributed by atoms with van der Waals surface area (Å²) < 4.78 is 0. The quantitative estimate of drug-likeness (QED) is 0.374. The first-order valence-corrected chi connectivity index (χ1v) is 4.37. The van der Waals surface area contributed by atoms with E-state index in [0.717, 1.165) is 6.42 Å². The summed E-state index contributed by atoms with van der Waals surface area (Å²) in [5, 5.41) is -0.363. The van der Waals surface area contributed by atoms with Crippen molar-refractivity contribution in [3.8, 4) is 0 Å². The average Bonchev–Trinajstić information content (AvgIpc) is 2.00. The Hall–Kier alpha value is -0.0100. The molecule has 1 atom stereocenters. The van der Waals surface area contributed by atoms with Gasteiger partial charge in [0.05, 0.1) is 5.41 Å². The Kier molecular flexibility index (Phi) is 4.78. The zero-order valence-corrected chi connectivity index (χ0v) is 8.08.